The van der Waals surface area contributed by atoms with Crippen LogP contribution in [0.25, 0.3) is 0 Å². The van der Waals surface area contributed by atoms with Crippen LogP contribution < -0.4 is 10.9 Å². The molecule has 2 aromatic heterocycles. The van der Waals surface area contributed by atoms with E-state index in [1.165, 1.54) is 30.1 Å². The van der Waals surface area contributed by atoms with Crippen LogP contribution in [0.1, 0.15) is 16.1 Å². The highest BCUT2D eigenvalue weighted by Crippen LogP contribution is 2.15. The molecule has 0 aliphatic heterocycles. The quantitative estimate of drug-likeness (QED) is 0.864. The fourth-order valence-corrected chi connectivity index (χ4v) is 1.66. The Morgan fingerprint density at radius 1 is 1.40 bits per heavy atom. The standard InChI is InChI=1S/C12H11ClN4O3/c1-6-3-8(18)9(11(20)17(6)2)10(19)16-12-14-4-7(13)5-15-12/h3-5,18H,1-2H3,(H,14,15,16,19). The maximum atomic E-state index is 12.0. The van der Waals surface area contributed by atoms with Crippen molar-refractivity contribution >= 4 is 23.5 Å². The van der Waals surface area contributed by atoms with Crippen LogP contribution in [-0.2, 0) is 7.05 Å². The van der Waals surface area contributed by atoms with Gasteiger partial charge in [0.15, 0.2) is 0 Å². The SMILES string of the molecule is Cc1cc(O)c(C(=O)Nc2ncc(Cl)cn2)c(=O)n1C. The maximum absolute atomic E-state index is 12.0. The Labute approximate surface area is 118 Å². The van der Waals surface area contributed by atoms with E-state index >= 15 is 0 Å². The van der Waals surface area contributed by atoms with Gasteiger partial charge in [-0.05, 0) is 6.92 Å². The molecule has 0 aliphatic carbocycles. The van der Waals surface area contributed by atoms with E-state index in [9.17, 15) is 14.7 Å². The van der Waals surface area contributed by atoms with Gasteiger partial charge >= 0.3 is 0 Å². The summed E-state index contributed by atoms with van der Waals surface area (Å²) in [6.45, 7) is 1.64. The Kier molecular flexibility index (Phi) is 3.71. The van der Waals surface area contributed by atoms with Crippen molar-refractivity contribution in [3.05, 3.63) is 45.1 Å². The minimum Gasteiger partial charge on any atom is -0.507 e. The molecule has 2 aromatic rings. The van der Waals surface area contributed by atoms with Crippen LogP contribution >= 0.6 is 11.6 Å². The summed E-state index contributed by atoms with van der Waals surface area (Å²) in [5.74, 6) is -1.19. The maximum Gasteiger partial charge on any atom is 0.267 e. The summed E-state index contributed by atoms with van der Waals surface area (Å²) in [7, 11) is 1.51. The minimum absolute atomic E-state index is 0.0126. The van der Waals surface area contributed by atoms with E-state index in [0.29, 0.717) is 10.7 Å². The van der Waals surface area contributed by atoms with Gasteiger partial charge in [0.05, 0.1) is 17.4 Å². The van der Waals surface area contributed by atoms with Gasteiger partial charge in [0.25, 0.3) is 11.5 Å². The summed E-state index contributed by atoms with van der Waals surface area (Å²) in [5, 5.41) is 12.4. The second kappa shape index (κ2) is 5.30. The van der Waals surface area contributed by atoms with E-state index in [2.05, 4.69) is 15.3 Å². The van der Waals surface area contributed by atoms with Crippen molar-refractivity contribution in [1.82, 2.24) is 14.5 Å². The van der Waals surface area contributed by atoms with Crippen LogP contribution in [0.5, 0.6) is 5.75 Å². The molecular formula is C12H11ClN4O3. The number of carbonyl (C=O) groups excluding carboxylic acids is 1. The van der Waals surface area contributed by atoms with Gasteiger partial charge < -0.3 is 9.67 Å². The van der Waals surface area contributed by atoms with Crippen LogP contribution in [0.15, 0.2) is 23.3 Å². The van der Waals surface area contributed by atoms with Crippen molar-refractivity contribution in [1.29, 1.82) is 0 Å². The Balaban J connectivity index is 2.37. The predicted molar refractivity (Wildman–Crippen MR) is 73.1 cm³/mol. The number of hydrogen-bond acceptors (Lipinski definition) is 5. The first-order chi connectivity index (χ1) is 9.40. The van der Waals surface area contributed by atoms with Gasteiger partial charge in [-0.2, -0.15) is 0 Å². The summed E-state index contributed by atoms with van der Waals surface area (Å²) in [6, 6.07) is 1.33. The highest BCUT2D eigenvalue weighted by molar-refractivity contribution is 6.30. The molecule has 2 heterocycles. The number of nitrogens with zero attached hydrogens (tertiary/aromatic N) is 3. The first kappa shape index (κ1) is 14.0. The highest BCUT2D eigenvalue weighted by atomic mass is 35.5. The third-order valence-electron chi connectivity index (χ3n) is 2.72. The van der Waals surface area contributed by atoms with Gasteiger partial charge in [0.2, 0.25) is 5.95 Å². The number of anilines is 1. The Morgan fingerprint density at radius 3 is 2.60 bits per heavy atom. The van der Waals surface area contributed by atoms with E-state index in [-0.39, 0.29) is 11.5 Å². The number of halogens is 1. The Hall–Kier alpha value is -2.41. The number of amides is 1. The van der Waals surface area contributed by atoms with Crippen molar-refractivity contribution in [2.75, 3.05) is 5.32 Å². The highest BCUT2D eigenvalue weighted by Gasteiger charge is 2.19. The number of hydrogen-bond donors (Lipinski definition) is 2. The van der Waals surface area contributed by atoms with Crippen molar-refractivity contribution in [3.63, 3.8) is 0 Å². The first-order valence-electron chi connectivity index (χ1n) is 5.58. The molecule has 7 nitrogen and oxygen atoms in total. The van der Waals surface area contributed by atoms with E-state index in [4.69, 9.17) is 11.6 Å². The fourth-order valence-electron chi connectivity index (χ4n) is 1.56. The molecule has 2 rings (SSSR count). The molecule has 0 radical (unpaired) electrons. The number of carbonyl (C=O) groups is 1. The lowest BCUT2D eigenvalue weighted by Gasteiger charge is -2.09. The summed E-state index contributed by atoms with van der Waals surface area (Å²) >= 11 is 5.62. The summed E-state index contributed by atoms with van der Waals surface area (Å²) in [5.41, 5.74) is -0.433. The molecular weight excluding hydrogens is 284 g/mol. The number of rotatable bonds is 2. The van der Waals surface area contributed by atoms with E-state index in [0.717, 1.165) is 0 Å². The molecule has 8 heteroatoms. The van der Waals surface area contributed by atoms with Gasteiger partial charge in [-0.1, -0.05) is 11.6 Å². The molecule has 0 aromatic carbocycles. The van der Waals surface area contributed by atoms with Crippen molar-refractivity contribution in [2.45, 2.75) is 6.92 Å². The van der Waals surface area contributed by atoms with Crippen LogP contribution in [-0.4, -0.2) is 25.5 Å². The zero-order chi connectivity index (χ0) is 14.9. The molecule has 0 saturated carbocycles. The van der Waals surface area contributed by atoms with Gasteiger partial charge in [-0.15, -0.1) is 0 Å². The van der Waals surface area contributed by atoms with Crippen LogP contribution in [0, 0.1) is 6.92 Å². The van der Waals surface area contributed by atoms with Gasteiger partial charge in [0.1, 0.15) is 11.3 Å². The Bertz CT molecular complexity index is 725. The smallest absolute Gasteiger partial charge is 0.267 e. The van der Waals surface area contributed by atoms with Gasteiger partial charge in [-0.25, -0.2) is 9.97 Å². The Morgan fingerprint density at radius 2 is 2.00 bits per heavy atom. The number of pyridine rings is 1. The third-order valence-corrected chi connectivity index (χ3v) is 2.92. The number of aromatic nitrogens is 3. The van der Waals surface area contributed by atoms with E-state index < -0.39 is 17.2 Å². The largest absolute Gasteiger partial charge is 0.507 e. The lowest BCUT2D eigenvalue weighted by molar-refractivity contribution is 0.102. The number of nitrogens with one attached hydrogen (secondary N) is 1. The first-order valence-corrected chi connectivity index (χ1v) is 5.96. The van der Waals surface area contributed by atoms with Crippen LogP contribution in [0.2, 0.25) is 5.02 Å². The molecule has 0 atom stereocenters. The summed E-state index contributed by atoms with van der Waals surface area (Å²) in [6.07, 6.45) is 2.61. The average molecular weight is 295 g/mol. The molecule has 0 aliphatic rings. The normalized spacial score (nSPS) is 10.3. The second-order valence-electron chi connectivity index (χ2n) is 4.09. The molecule has 0 bridgehead atoms. The number of aromatic hydroxyl groups is 1. The molecule has 2 N–H and O–H groups in total. The molecule has 20 heavy (non-hydrogen) atoms. The average Bonchev–Trinajstić information content (AvgIpc) is 2.39. The summed E-state index contributed by atoms with van der Waals surface area (Å²) < 4.78 is 1.26. The molecule has 104 valence electrons. The monoisotopic (exact) mass is 294 g/mol. The lowest BCUT2D eigenvalue weighted by atomic mass is 10.2. The molecule has 0 fully saturated rings. The van der Waals surface area contributed by atoms with Gasteiger partial charge in [-0.3, -0.25) is 14.9 Å². The van der Waals surface area contributed by atoms with Gasteiger partial charge in [0, 0.05) is 18.8 Å². The molecule has 0 spiro atoms. The van der Waals surface area contributed by atoms with Crippen LogP contribution in [0.3, 0.4) is 0 Å². The lowest BCUT2D eigenvalue weighted by Crippen LogP contribution is -2.29. The van der Waals surface area contributed by atoms with E-state index in [1.54, 1.807) is 6.92 Å². The minimum atomic E-state index is -0.787. The van der Waals surface area contributed by atoms with Crippen LogP contribution in [0.4, 0.5) is 5.95 Å². The van der Waals surface area contributed by atoms with E-state index in [1.807, 2.05) is 0 Å². The second-order valence-corrected chi connectivity index (χ2v) is 4.53. The zero-order valence-corrected chi connectivity index (χ0v) is 11.5. The zero-order valence-electron chi connectivity index (χ0n) is 10.7. The molecule has 1 amide bonds. The van der Waals surface area contributed by atoms with Crippen molar-refractivity contribution in [3.8, 4) is 5.75 Å². The predicted octanol–water partition coefficient (Wildman–Crippen LogP) is 1.10. The molecule has 0 saturated heterocycles. The fraction of sp³-hybridized carbons (Fsp3) is 0.167. The third kappa shape index (κ3) is 2.62. The van der Waals surface area contributed by atoms with Crippen molar-refractivity contribution in [2.24, 2.45) is 7.05 Å². The summed E-state index contributed by atoms with van der Waals surface area (Å²) in [4.78, 5) is 31.5. The van der Waals surface area contributed by atoms with Crippen molar-refractivity contribution < 1.29 is 9.90 Å². The number of aryl methyl sites for hydroxylation is 1. The molecule has 0 unspecified atom stereocenters. The topological polar surface area (TPSA) is 97.1 Å².